The molecule has 0 atom stereocenters. The Bertz CT molecular complexity index is 784. The SMILES string of the molecule is COc1ccc(/C=N\NC(=O)COc2cccc(F)c2)cc1OC(F)F. The largest absolute Gasteiger partial charge is 0.493 e. The monoisotopic (exact) mass is 368 g/mol. The zero-order valence-electron chi connectivity index (χ0n) is 13.6. The number of carbonyl (C=O) groups excluding carboxylic acids is 1. The number of benzene rings is 2. The van der Waals surface area contributed by atoms with E-state index in [-0.39, 0.29) is 23.9 Å². The van der Waals surface area contributed by atoms with Crippen molar-refractivity contribution in [2.45, 2.75) is 6.61 Å². The summed E-state index contributed by atoms with van der Waals surface area (Å²) in [4.78, 5) is 11.6. The third-order valence-electron chi connectivity index (χ3n) is 2.97. The Morgan fingerprint density at radius 1 is 1.23 bits per heavy atom. The summed E-state index contributed by atoms with van der Waals surface area (Å²) in [5.74, 6) is -0.888. The van der Waals surface area contributed by atoms with Crippen LogP contribution in [0, 0.1) is 5.82 Å². The van der Waals surface area contributed by atoms with Gasteiger partial charge in [0.2, 0.25) is 0 Å². The molecule has 0 aliphatic rings. The number of methoxy groups -OCH3 is 1. The second-order valence-corrected chi connectivity index (χ2v) is 4.83. The summed E-state index contributed by atoms with van der Waals surface area (Å²) >= 11 is 0. The van der Waals surface area contributed by atoms with Gasteiger partial charge in [-0.15, -0.1) is 0 Å². The molecule has 0 radical (unpaired) electrons. The van der Waals surface area contributed by atoms with Crippen LogP contribution in [0.4, 0.5) is 13.2 Å². The Balaban J connectivity index is 1.89. The smallest absolute Gasteiger partial charge is 0.387 e. The van der Waals surface area contributed by atoms with E-state index in [9.17, 15) is 18.0 Å². The molecule has 0 heterocycles. The van der Waals surface area contributed by atoms with Gasteiger partial charge in [-0.3, -0.25) is 4.79 Å². The summed E-state index contributed by atoms with van der Waals surface area (Å²) in [7, 11) is 1.32. The third-order valence-corrected chi connectivity index (χ3v) is 2.97. The Morgan fingerprint density at radius 3 is 2.73 bits per heavy atom. The fourth-order valence-electron chi connectivity index (χ4n) is 1.88. The Kier molecular flexibility index (Phi) is 6.84. The maximum absolute atomic E-state index is 13.0. The van der Waals surface area contributed by atoms with Gasteiger partial charge in [-0.2, -0.15) is 13.9 Å². The zero-order valence-corrected chi connectivity index (χ0v) is 13.6. The van der Waals surface area contributed by atoms with E-state index in [1.807, 2.05) is 0 Å². The lowest BCUT2D eigenvalue weighted by Gasteiger charge is -2.10. The minimum Gasteiger partial charge on any atom is -0.493 e. The molecule has 0 aliphatic heterocycles. The molecule has 0 spiro atoms. The van der Waals surface area contributed by atoms with Gasteiger partial charge >= 0.3 is 6.61 Å². The number of carbonyl (C=O) groups is 1. The van der Waals surface area contributed by atoms with Crippen molar-refractivity contribution < 1.29 is 32.2 Å². The molecule has 9 heteroatoms. The number of hydrazone groups is 1. The molecule has 0 fully saturated rings. The summed E-state index contributed by atoms with van der Waals surface area (Å²) < 4.78 is 52.1. The van der Waals surface area contributed by atoms with E-state index in [0.29, 0.717) is 5.56 Å². The van der Waals surface area contributed by atoms with E-state index in [2.05, 4.69) is 15.3 Å². The first-order chi connectivity index (χ1) is 12.5. The fourth-order valence-corrected chi connectivity index (χ4v) is 1.88. The second kappa shape index (κ2) is 9.30. The Labute approximate surface area is 147 Å². The minimum absolute atomic E-state index is 0.134. The van der Waals surface area contributed by atoms with Crippen molar-refractivity contribution in [1.82, 2.24) is 5.43 Å². The average molecular weight is 368 g/mol. The van der Waals surface area contributed by atoms with Gasteiger partial charge in [0.05, 0.1) is 13.3 Å². The number of hydrogen-bond donors (Lipinski definition) is 1. The highest BCUT2D eigenvalue weighted by Crippen LogP contribution is 2.28. The first-order valence-electron chi connectivity index (χ1n) is 7.31. The molecular weight excluding hydrogens is 353 g/mol. The quantitative estimate of drug-likeness (QED) is 0.575. The maximum Gasteiger partial charge on any atom is 0.387 e. The van der Waals surface area contributed by atoms with Crippen LogP contribution >= 0.6 is 0 Å². The molecule has 2 rings (SSSR count). The van der Waals surface area contributed by atoms with Crippen LogP contribution in [0.25, 0.3) is 0 Å². The highest BCUT2D eigenvalue weighted by atomic mass is 19.3. The van der Waals surface area contributed by atoms with Crippen LogP contribution in [0.1, 0.15) is 5.56 Å². The number of alkyl halides is 2. The maximum atomic E-state index is 13.0. The third kappa shape index (κ3) is 6.00. The minimum atomic E-state index is -3.00. The molecule has 26 heavy (non-hydrogen) atoms. The van der Waals surface area contributed by atoms with Gasteiger partial charge in [-0.25, -0.2) is 9.82 Å². The van der Waals surface area contributed by atoms with Crippen molar-refractivity contribution in [1.29, 1.82) is 0 Å². The van der Waals surface area contributed by atoms with Crippen LogP contribution in [0.2, 0.25) is 0 Å². The van der Waals surface area contributed by atoms with Crippen LogP contribution in [-0.2, 0) is 4.79 Å². The van der Waals surface area contributed by atoms with Crippen LogP contribution < -0.4 is 19.6 Å². The lowest BCUT2D eigenvalue weighted by Crippen LogP contribution is -2.24. The van der Waals surface area contributed by atoms with Crippen molar-refractivity contribution in [3.63, 3.8) is 0 Å². The lowest BCUT2D eigenvalue weighted by atomic mass is 10.2. The topological polar surface area (TPSA) is 69.2 Å². The summed E-state index contributed by atoms with van der Waals surface area (Å²) in [6.45, 7) is -3.38. The summed E-state index contributed by atoms with van der Waals surface area (Å²) in [5, 5.41) is 3.68. The van der Waals surface area contributed by atoms with E-state index < -0.39 is 18.3 Å². The molecule has 1 N–H and O–H groups in total. The molecule has 0 saturated heterocycles. The van der Waals surface area contributed by atoms with E-state index in [1.54, 1.807) is 0 Å². The van der Waals surface area contributed by atoms with E-state index in [4.69, 9.17) is 9.47 Å². The predicted molar refractivity (Wildman–Crippen MR) is 87.3 cm³/mol. The molecule has 0 unspecified atom stereocenters. The van der Waals surface area contributed by atoms with E-state index in [1.165, 1.54) is 49.7 Å². The molecule has 1 amide bonds. The zero-order chi connectivity index (χ0) is 18.9. The van der Waals surface area contributed by atoms with Gasteiger partial charge in [0.1, 0.15) is 11.6 Å². The number of halogens is 3. The fraction of sp³-hybridized carbons (Fsp3) is 0.176. The molecule has 0 aromatic heterocycles. The highest BCUT2D eigenvalue weighted by molar-refractivity contribution is 5.83. The van der Waals surface area contributed by atoms with Gasteiger partial charge < -0.3 is 14.2 Å². The van der Waals surface area contributed by atoms with Crippen LogP contribution in [0.3, 0.4) is 0 Å². The van der Waals surface area contributed by atoms with Crippen molar-refractivity contribution >= 4 is 12.1 Å². The van der Waals surface area contributed by atoms with Gasteiger partial charge in [0, 0.05) is 6.07 Å². The summed E-state index contributed by atoms with van der Waals surface area (Å²) in [5.41, 5.74) is 2.59. The Hall–Kier alpha value is -3.23. The molecular formula is C17H15F3N2O4. The molecule has 2 aromatic carbocycles. The summed E-state index contributed by atoms with van der Waals surface area (Å²) in [6, 6.07) is 9.58. The number of nitrogens with zero attached hydrogens (tertiary/aromatic N) is 1. The average Bonchev–Trinajstić information content (AvgIpc) is 2.60. The molecule has 138 valence electrons. The normalized spacial score (nSPS) is 10.8. The van der Waals surface area contributed by atoms with Crippen molar-refractivity contribution in [3.05, 3.63) is 53.8 Å². The molecule has 0 aliphatic carbocycles. The van der Waals surface area contributed by atoms with Crippen LogP contribution in [0.5, 0.6) is 17.2 Å². The predicted octanol–water partition coefficient (Wildman–Crippen LogP) is 2.96. The first-order valence-corrected chi connectivity index (χ1v) is 7.31. The number of nitrogens with one attached hydrogen (secondary N) is 1. The van der Waals surface area contributed by atoms with Gasteiger partial charge in [0.15, 0.2) is 18.1 Å². The molecule has 2 aromatic rings. The number of hydrogen-bond acceptors (Lipinski definition) is 5. The van der Waals surface area contributed by atoms with Crippen molar-refractivity contribution in [3.8, 4) is 17.2 Å². The lowest BCUT2D eigenvalue weighted by molar-refractivity contribution is -0.123. The number of rotatable bonds is 8. The Morgan fingerprint density at radius 2 is 2.04 bits per heavy atom. The van der Waals surface area contributed by atoms with E-state index >= 15 is 0 Å². The number of ether oxygens (including phenoxy) is 3. The van der Waals surface area contributed by atoms with Gasteiger partial charge in [-0.05, 0) is 35.9 Å². The number of amides is 1. The highest BCUT2D eigenvalue weighted by Gasteiger charge is 2.10. The second-order valence-electron chi connectivity index (χ2n) is 4.83. The molecule has 0 saturated carbocycles. The van der Waals surface area contributed by atoms with E-state index in [0.717, 1.165) is 6.07 Å². The van der Waals surface area contributed by atoms with Gasteiger partial charge in [0.25, 0.3) is 5.91 Å². The summed E-state index contributed by atoms with van der Waals surface area (Å²) in [6.07, 6.45) is 1.23. The van der Waals surface area contributed by atoms with Crippen LogP contribution in [0.15, 0.2) is 47.6 Å². The van der Waals surface area contributed by atoms with Crippen molar-refractivity contribution in [2.24, 2.45) is 5.10 Å². The van der Waals surface area contributed by atoms with Crippen LogP contribution in [-0.4, -0.2) is 32.4 Å². The van der Waals surface area contributed by atoms with Gasteiger partial charge in [-0.1, -0.05) is 6.07 Å². The molecule has 6 nitrogen and oxygen atoms in total. The van der Waals surface area contributed by atoms with Crippen molar-refractivity contribution in [2.75, 3.05) is 13.7 Å². The standard InChI is InChI=1S/C17H15F3N2O4/c1-24-14-6-5-11(7-15(14)26-17(19)20)9-21-22-16(23)10-25-13-4-2-3-12(18)8-13/h2-9,17H,10H2,1H3,(H,22,23)/b21-9-. The molecule has 0 bridgehead atoms. The first kappa shape index (κ1) is 19.1.